The molecule has 0 bridgehead atoms. The van der Waals surface area contributed by atoms with E-state index in [1.807, 2.05) is 30.1 Å². The number of aliphatic hydroxyl groups is 1. The van der Waals surface area contributed by atoms with Gasteiger partial charge in [-0.15, -0.1) is 0 Å². The van der Waals surface area contributed by atoms with Gasteiger partial charge in [-0.2, -0.15) is 5.10 Å². The van der Waals surface area contributed by atoms with Crippen LogP contribution in [0.15, 0.2) is 30.5 Å². The van der Waals surface area contributed by atoms with Crippen molar-refractivity contribution >= 4 is 17.5 Å². The third-order valence-corrected chi connectivity index (χ3v) is 4.74. The second-order valence-electron chi connectivity index (χ2n) is 5.98. The van der Waals surface area contributed by atoms with E-state index >= 15 is 0 Å². The topological polar surface area (TPSA) is 67.2 Å². The number of rotatable bonds is 4. The van der Waals surface area contributed by atoms with Crippen LogP contribution in [-0.4, -0.2) is 27.4 Å². The van der Waals surface area contributed by atoms with Gasteiger partial charge in [-0.1, -0.05) is 23.7 Å². The lowest BCUT2D eigenvalue weighted by molar-refractivity contribution is -0.126. The number of nitrogens with one attached hydrogen (secondary N) is 1. The molecule has 0 radical (unpaired) electrons. The van der Waals surface area contributed by atoms with Crippen LogP contribution >= 0.6 is 11.6 Å². The number of fused-ring (bicyclic) bond motifs is 1. The van der Waals surface area contributed by atoms with Gasteiger partial charge in [0.25, 0.3) is 0 Å². The van der Waals surface area contributed by atoms with Crippen LogP contribution < -0.4 is 5.32 Å². The van der Waals surface area contributed by atoms with Crippen molar-refractivity contribution in [3.8, 4) is 0 Å². The Bertz CT molecular complexity index is 696. The van der Waals surface area contributed by atoms with Crippen molar-refractivity contribution in [2.24, 2.45) is 13.0 Å². The number of carbonyl (C=O) groups is 1. The summed E-state index contributed by atoms with van der Waals surface area (Å²) in [6, 6.07) is 6.75. The molecule has 1 heterocycles. The Morgan fingerprint density at radius 1 is 1.48 bits per heavy atom. The highest BCUT2D eigenvalue weighted by Crippen LogP contribution is 2.26. The van der Waals surface area contributed by atoms with Gasteiger partial charge in [-0.3, -0.25) is 9.48 Å². The van der Waals surface area contributed by atoms with Gasteiger partial charge in [0.05, 0.1) is 18.8 Å². The number of hydrogen-bond donors (Lipinski definition) is 2. The number of nitrogens with zero attached hydrogens (tertiary/aromatic N) is 2. The van der Waals surface area contributed by atoms with Crippen LogP contribution in [0, 0.1) is 5.92 Å². The summed E-state index contributed by atoms with van der Waals surface area (Å²) >= 11 is 5.88. The molecule has 2 N–H and O–H groups in total. The summed E-state index contributed by atoms with van der Waals surface area (Å²) < 4.78 is 1.84. The van der Waals surface area contributed by atoms with Crippen LogP contribution in [0.1, 0.15) is 29.3 Å². The zero-order valence-corrected chi connectivity index (χ0v) is 13.8. The SMILES string of the molecule is Cn1ncc2c1CC(C(=O)NC(CO)c1ccc(Cl)cc1)CC2. The standard InChI is InChI=1S/C17H20ClN3O2/c1-21-16-8-12(2-3-13(16)9-19-21)17(23)20-15(10-22)11-4-6-14(18)7-5-11/h4-7,9,12,15,22H,2-3,8,10H2,1H3,(H,20,23). The molecule has 5 nitrogen and oxygen atoms in total. The van der Waals surface area contributed by atoms with Crippen molar-refractivity contribution in [1.29, 1.82) is 0 Å². The van der Waals surface area contributed by atoms with Crippen molar-refractivity contribution < 1.29 is 9.90 Å². The molecule has 3 rings (SSSR count). The number of aliphatic hydroxyl groups excluding tert-OH is 1. The molecule has 0 saturated heterocycles. The molecule has 23 heavy (non-hydrogen) atoms. The largest absolute Gasteiger partial charge is 0.394 e. The highest BCUT2D eigenvalue weighted by molar-refractivity contribution is 6.30. The molecule has 1 aromatic heterocycles. The van der Waals surface area contributed by atoms with Crippen molar-refractivity contribution in [3.05, 3.63) is 52.3 Å². The van der Waals surface area contributed by atoms with E-state index in [4.69, 9.17) is 11.6 Å². The summed E-state index contributed by atoms with van der Waals surface area (Å²) in [5.74, 6) is -0.106. The summed E-state index contributed by atoms with van der Waals surface area (Å²) in [4.78, 5) is 12.6. The van der Waals surface area contributed by atoms with Crippen molar-refractivity contribution in [3.63, 3.8) is 0 Å². The average Bonchev–Trinajstić information content (AvgIpc) is 2.94. The Labute approximate surface area is 140 Å². The van der Waals surface area contributed by atoms with E-state index in [-0.39, 0.29) is 18.4 Å². The van der Waals surface area contributed by atoms with Gasteiger partial charge in [0.15, 0.2) is 0 Å². The molecule has 0 saturated carbocycles. The molecule has 0 spiro atoms. The number of amides is 1. The van der Waals surface area contributed by atoms with Gasteiger partial charge >= 0.3 is 0 Å². The highest BCUT2D eigenvalue weighted by atomic mass is 35.5. The maximum Gasteiger partial charge on any atom is 0.224 e. The molecule has 1 aliphatic rings. The second-order valence-corrected chi connectivity index (χ2v) is 6.41. The fourth-order valence-electron chi connectivity index (χ4n) is 3.09. The van der Waals surface area contributed by atoms with E-state index in [1.54, 1.807) is 12.1 Å². The molecule has 122 valence electrons. The number of halogens is 1. The summed E-state index contributed by atoms with van der Waals surface area (Å²) in [5, 5.41) is 17.4. The third-order valence-electron chi connectivity index (χ3n) is 4.49. The quantitative estimate of drug-likeness (QED) is 0.899. The van der Waals surface area contributed by atoms with Crippen molar-refractivity contribution in [1.82, 2.24) is 15.1 Å². The maximum absolute atomic E-state index is 12.6. The van der Waals surface area contributed by atoms with Gasteiger partial charge in [0, 0.05) is 30.1 Å². The number of aryl methyl sites for hydroxylation is 2. The summed E-state index contributed by atoms with van der Waals surface area (Å²) in [7, 11) is 1.91. The molecule has 1 aliphatic carbocycles. The Balaban J connectivity index is 1.68. The Morgan fingerprint density at radius 3 is 2.91 bits per heavy atom. The first-order chi connectivity index (χ1) is 11.1. The summed E-state index contributed by atoms with van der Waals surface area (Å²) in [6.07, 6.45) is 4.25. The van der Waals surface area contributed by atoms with Gasteiger partial charge in [0.2, 0.25) is 5.91 Å². The van der Waals surface area contributed by atoms with Crippen LogP contribution in [0.4, 0.5) is 0 Å². The molecule has 2 unspecified atom stereocenters. The lowest BCUT2D eigenvalue weighted by atomic mass is 9.87. The fourth-order valence-corrected chi connectivity index (χ4v) is 3.21. The molecule has 6 heteroatoms. The molecule has 2 aromatic rings. The number of aromatic nitrogens is 2. The zero-order valence-electron chi connectivity index (χ0n) is 13.0. The normalized spacial score (nSPS) is 18.3. The average molecular weight is 334 g/mol. The minimum atomic E-state index is -0.410. The Hall–Kier alpha value is -1.85. The Morgan fingerprint density at radius 2 is 2.22 bits per heavy atom. The first-order valence-electron chi connectivity index (χ1n) is 7.75. The first kappa shape index (κ1) is 16.0. The second kappa shape index (κ2) is 6.72. The van der Waals surface area contributed by atoms with Crippen LogP contribution in [-0.2, 0) is 24.7 Å². The lowest BCUT2D eigenvalue weighted by Gasteiger charge is -2.25. The predicted molar refractivity (Wildman–Crippen MR) is 88.1 cm³/mol. The Kier molecular flexibility index (Phi) is 4.68. The van der Waals surface area contributed by atoms with E-state index in [0.717, 1.165) is 24.1 Å². The number of hydrogen-bond acceptors (Lipinski definition) is 3. The lowest BCUT2D eigenvalue weighted by Crippen LogP contribution is -2.38. The monoisotopic (exact) mass is 333 g/mol. The number of benzene rings is 1. The van der Waals surface area contributed by atoms with Crippen molar-refractivity contribution in [2.75, 3.05) is 6.61 Å². The van der Waals surface area contributed by atoms with Gasteiger partial charge in [-0.05, 0) is 36.1 Å². The molecule has 1 aromatic carbocycles. The minimum Gasteiger partial charge on any atom is -0.394 e. The van der Waals surface area contributed by atoms with E-state index < -0.39 is 6.04 Å². The smallest absolute Gasteiger partial charge is 0.224 e. The first-order valence-corrected chi connectivity index (χ1v) is 8.12. The molecular formula is C17H20ClN3O2. The predicted octanol–water partition coefficient (Wildman–Crippen LogP) is 2.03. The van der Waals surface area contributed by atoms with Crippen LogP contribution in [0.2, 0.25) is 5.02 Å². The summed E-state index contributed by atoms with van der Waals surface area (Å²) in [6.45, 7) is -0.142. The third kappa shape index (κ3) is 3.41. The van der Waals surface area contributed by atoms with E-state index in [1.165, 1.54) is 5.56 Å². The molecule has 0 aliphatic heterocycles. The van der Waals surface area contributed by atoms with Crippen LogP contribution in [0.25, 0.3) is 0 Å². The van der Waals surface area contributed by atoms with E-state index in [2.05, 4.69) is 10.4 Å². The molecule has 1 amide bonds. The highest BCUT2D eigenvalue weighted by Gasteiger charge is 2.28. The van der Waals surface area contributed by atoms with E-state index in [0.29, 0.717) is 11.4 Å². The van der Waals surface area contributed by atoms with Crippen molar-refractivity contribution in [2.45, 2.75) is 25.3 Å². The maximum atomic E-state index is 12.6. The molecule has 2 atom stereocenters. The summed E-state index contributed by atoms with van der Waals surface area (Å²) in [5.41, 5.74) is 3.21. The van der Waals surface area contributed by atoms with Gasteiger partial charge in [-0.25, -0.2) is 0 Å². The minimum absolute atomic E-state index is 0.0224. The molecule has 0 fully saturated rings. The van der Waals surface area contributed by atoms with Gasteiger partial charge in [0.1, 0.15) is 0 Å². The molecular weight excluding hydrogens is 314 g/mol. The van der Waals surface area contributed by atoms with Crippen LogP contribution in [0.3, 0.4) is 0 Å². The van der Waals surface area contributed by atoms with Crippen LogP contribution in [0.5, 0.6) is 0 Å². The number of carbonyl (C=O) groups excluding carboxylic acids is 1. The van der Waals surface area contributed by atoms with E-state index in [9.17, 15) is 9.90 Å². The van der Waals surface area contributed by atoms with Gasteiger partial charge < -0.3 is 10.4 Å². The fraction of sp³-hybridized carbons (Fsp3) is 0.412. The zero-order chi connectivity index (χ0) is 16.4.